The van der Waals surface area contributed by atoms with Crippen LogP contribution in [0, 0.1) is 11.3 Å². The van der Waals surface area contributed by atoms with E-state index in [0.29, 0.717) is 11.8 Å². The molecule has 0 aromatic carbocycles. The third kappa shape index (κ3) is 2.08. The van der Waals surface area contributed by atoms with E-state index < -0.39 is 0 Å². The zero-order valence-electron chi connectivity index (χ0n) is 12.4. The number of fused-ring (bicyclic) bond motifs is 1. The predicted octanol–water partition coefficient (Wildman–Crippen LogP) is 1.07. The summed E-state index contributed by atoms with van der Waals surface area (Å²) in [5.74, 6) is 1.08. The molecule has 2 saturated heterocycles. The third-order valence-electron chi connectivity index (χ3n) is 6.13. The first-order chi connectivity index (χ1) is 9.79. The Bertz CT molecular complexity index is 387. The second kappa shape index (κ2) is 4.99. The second-order valence-electron chi connectivity index (χ2n) is 7.29. The highest BCUT2D eigenvalue weighted by molar-refractivity contribution is 5.84. The number of rotatable bonds is 2. The minimum Gasteiger partial charge on any atom is -0.340 e. The number of piperazine rings is 1. The van der Waals surface area contributed by atoms with Crippen molar-refractivity contribution < 1.29 is 4.79 Å². The van der Waals surface area contributed by atoms with Crippen molar-refractivity contribution in [3.8, 4) is 0 Å². The van der Waals surface area contributed by atoms with Gasteiger partial charge < -0.3 is 10.2 Å². The van der Waals surface area contributed by atoms with E-state index in [4.69, 9.17) is 0 Å². The van der Waals surface area contributed by atoms with Crippen molar-refractivity contribution in [2.45, 2.75) is 44.6 Å². The Balaban J connectivity index is 1.44. The monoisotopic (exact) mass is 277 g/mol. The number of hydrogen-bond donors (Lipinski definition) is 1. The fraction of sp³-hybridized carbons (Fsp3) is 0.938. The van der Waals surface area contributed by atoms with Crippen LogP contribution in [0.25, 0.3) is 0 Å². The van der Waals surface area contributed by atoms with E-state index in [9.17, 15) is 4.79 Å². The molecule has 2 aliphatic heterocycles. The summed E-state index contributed by atoms with van der Waals surface area (Å²) >= 11 is 0. The van der Waals surface area contributed by atoms with Gasteiger partial charge in [0.25, 0.3) is 0 Å². The topological polar surface area (TPSA) is 35.6 Å². The number of nitrogens with one attached hydrogen (secondary N) is 1. The molecule has 4 fully saturated rings. The molecule has 1 amide bonds. The average Bonchev–Trinajstić information content (AvgIpc) is 3.25. The molecule has 0 aromatic rings. The van der Waals surface area contributed by atoms with Crippen LogP contribution in [0.4, 0.5) is 0 Å². The van der Waals surface area contributed by atoms with E-state index in [1.807, 2.05) is 0 Å². The van der Waals surface area contributed by atoms with Crippen LogP contribution in [-0.2, 0) is 4.79 Å². The summed E-state index contributed by atoms with van der Waals surface area (Å²) in [5.41, 5.74) is -0.0417. The molecule has 4 nitrogen and oxygen atoms in total. The molecule has 0 bridgehead atoms. The smallest absolute Gasteiger partial charge is 0.230 e. The highest BCUT2D eigenvalue weighted by Gasteiger charge is 2.51. The van der Waals surface area contributed by atoms with Crippen molar-refractivity contribution in [2.24, 2.45) is 11.3 Å². The lowest BCUT2D eigenvalue weighted by molar-refractivity contribution is -0.147. The lowest BCUT2D eigenvalue weighted by Gasteiger charge is -2.43. The van der Waals surface area contributed by atoms with Gasteiger partial charge in [-0.25, -0.2) is 0 Å². The van der Waals surface area contributed by atoms with Crippen LogP contribution >= 0.6 is 0 Å². The molecule has 2 atom stereocenters. The molecule has 0 radical (unpaired) electrons. The first-order valence-electron chi connectivity index (χ1n) is 8.54. The fourth-order valence-corrected chi connectivity index (χ4v) is 4.71. The second-order valence-corrected chi connectivity index (χ2v) is 7.29. The van der Waals surface area contributed by atoms with Crippen LogP contribution in [0.15, 0.2) is 0 Å². The fourth-order valence-electron chi connectivity index (χ4n) is 4.71. The molecule has 4 heteroatoms. The van der Waals surface area contributed by atoms with Crippen LogP contribution in [0.2, 0.25) is 0 Å². The molecule has 4 aliphatic rings. The zero-order valence-corrected chi connectivity index (χ0v) is 12.4. The quantitative estimate of drug-likeness (QED) is 0.820. The van der Waals surface area contributed by atoms with Crippen LogP contribution in [-0.4, -0.2) is 61.0 Å². The number of carbonyl (C=O) groups is 1. The highest BCUT2D eigenvalue weighted by Crippen LogP contribution is 2.45. The van der Waals surface area contributed by atoms with Crippen molar-refractivity contribution in [1.29, 1.82) is 0 Å². The van der Waals surface area contributed by atoms with Crippen LogP contribution < -0.4 is 5.32 Å². The summed E-state index contributed by atoms with van der Waals surface area (Å²) in [6.07, 6.45) is 7.68. The summed E-state index contributed by atoms with van der Waals surface area (Å²) in [4.78, 5) is 17.9. The third-order valence-corrected chi connectivity index (χ3v) is 6.13. The van der Waals surface area contributed by atoms with E-state index in [2.05, 4.69) is 15.1 Å². The van der Waals surface area contributed by atoms with Gasteiger partial charge in [-0.1, -0.05) is 12.8 Å². The van der Waals surface area contributed by atoms with Gasteiger partial charge >= 0.3 is 0 Å². The largest absolute Gasteiger partial charge is 0.340 e. The maximum Gasteiger partial charge on any atom is 0.230 e. The maximum atomic E-state index is 13.1. The Morgan fingerprint density at radius 2 is 1.85 bits per heavy atom. The van der Waals surface area contributed by atoms with Gasteiger partial charge in [0, 0.05) is 38.8 Å². The van der Waals surface area contributed by atoms with Gasteiger partial charge in [0.1, 0.15) is 0 Å². The average molecular weight is 277 g/mol. The molecular formula is C16H27N3O. The minimum atomic E-state index is -0.0417. The summed E-state index contributed by atoms with van der Waals surface area (Å²) < 4.78 is 0. The molecule has 0 aromatic heterocycles. The lowest BCUT2D eigenvalue weighted by Crippen LogP contribution is -2.56. The van der Waals surface area contributed by atoms with Crippen LogP contribution in [0.5, 0.6) is 0 Å². The minimum absolute atomic E-state index is 0.0417. The highest BCUT2D eigenvalue weighted by atomic mass is 16.2. The van der Waals surface area contributed by atoms with Crippen molar-refractivity contribution in [1.82, 2.24) is 15.1 Å². The first-order valence-corrected chi connectivity index (χ1v) is 8.54. The van der Waals surface area contributed by atoms with Crippen LogP contribution in [0.3, 0.4) is 0 Å². The Labute approximate surface area is 121 Å². The Morgan fingerprint density at radius 1 is 1.05 bits per heavy atom. The summed E-state index contributed by atoms with van der Waals surface area (Å²) in [7, 11) is 0. The van der Waals surface area contributed by atoms with Gasteiger partial charge in [-0.05, 0) is 38.1 Å². The van der Waals surface area contributed by atoms with E-state index in [1.54, 1.807) is 0 Å². The molecule has 20 heavy (non-hydrogen) atoms. The molecule has 2 aliphatic carbocycles. The molecule has 1 N–H and O–H groups in total. The standard InChI is InChI=1S/C16H27N3O/c20-15(16-6-2-1-3-13(16)11-17-12-16)19-9-7-18(8-10-19)14-4-5-14/h13-14,17H,1-12H2/t13-,16+/m0/s1. The molecule has 2 saturated carbocycles. The van der Waals surface area contributed by atoms with Crippen LogP contribution in [0.1, 0.15) is 38.5 Å². The Kier molecular flexibility index (Phi) is 3.26. The van der Waals surface area contributed by atoms with Gasteiger partial charge in [-0.2, -0.15) is 0 Å². The Morgan fingerprint density at radius 3 is 2.60 bits per heavy atom. The number of amides is 1. The van der Waals surface area contributed by atoms with Gasteiger partial charge in [-0.3, -0.25) is 9.69 Å². The zero-order chi connectivity index (χ0) is 13.6. The molecule has 0 spiro atoms. The molecular weight excluding hydrogens is 250 g/mol. The Hall–Kier alpha value is -0.610. The van der Waals surface area contributed by atoms with E-state index in [-0.39, 0.29) is 5.41 Å². The normalized spacial score (nSPS) is 38.8. The lowest BCUT2D eigenvalue weighted by atomic mass is 9.67. The summed E-state index contributed by atoms with van der Waals surface area (Å²) in [6, 6.07) is 0.848. The molecule has 112 valence electrons. The molecule has 4 rings (SSSR count). The number of carbonyl (C=O) groups excluding carboxylic acids is 1. The van der Waals surface area contributed by atoms with Gasteiger partial charge in [0.15, 0.2) is 0 Å². The predicted molar refractivity (Wildman–Crippen MR) is 78.4 cm³/mol. The van der Waals surface area contributed by atoms with Crippen molar-refractivity contribution in [3.05, 3.63) is 0 Å². The summed E-state index contributed by atoms with van der Waals surface area (Å²) in [6.45, 7) is 6.12. The van der Waals surface area contributed by atoms with Crippen molar-refractivity contribution >= 4 is 5.91 Å². The van der Waals surface area contributed by atoms with Crippen molar-refractivity contribution in [3.63, 3.8) is 0 Å². The van der Waals surface area contributed by atoms with E-state index >= 15 is 0 Å². The number of hydrogen-bond acceptors (Lipinski definition) is 3. The van der Waals surface area contributed by atoms with Gasteiger partial charge in [0.2, 0.25) is 5.91 Å². The van der Waals surface area contributed by atoms with E-state index in [1.165, 1.54) is 32.1 Å². The van der Waals surface area contributed by atoms with E-state index in [0.717, 1.165) is 51.7 Å². The maximum absolute atomic E-state index is 13.1. The summed E-state index contributed by atoms with van der Waals surface area (Å²) in [5, 5.41) is 3.50. The SMILES string of the molecule is O=C(N1CCN(C2CC2)CC1)[C@@]12CCCC[C@H]1CNC2. The molecule has 2 heterocycles. The molecule has 0 unspecified atom stereocenters. The first kappa shape index (κ1) is 13.1. The van der Waals surface area contributed by atoms with Crippen molar-refractivity contribution in [2.75, 3.05) is 39.3 Å². The van der Waals surface area contributed by atoms with Gasteiger partial charge in [0.05, 0.1) is 5.41 Å². The van der Waals surface area contributed by atoms with Gasteiger partial charge in [-0.15, -0.1) is 0 Å². The number of nitrogens with zero attached hydrogens (tertiary/aromatic N) is 2.